The topological polar surface area (TPSA) is 52.7 Å². The van der Waals surface area contributed by atoms with Gasteiger partial charge in [0.15, 0.2) is 0 Å². The molecule has 1 saturated heterocycles. The molecule has 6 heteroatoms. The molecule has 22 heavy (non-hydrogen) atoms. The Morgan fingerprint density at radius 3 is 2.36 bits per heavy atom. The van der Waals surface area contributed by atoms with Crippen LogP contribution in [-0.2, 0) is 11.2 Å². The summed E-state index contributed by atoms with van der Waals surface area (Å²) in [6.45, 7) is 8.36. The zero-order valence-corrected chi connectivity index (χ0v) is 14.4. The molecule has 0 aliphatic carbocycles. The predicted molar refractivity (Wildman–Crippen MR) is 89.1 cm³/mol. The van der Waals surface area contributed by atoms with E-state index >= 15 is 0 Å². The molecule has 1 N–H and O–H groups in total. The van der Waals surface area contributed by atoms with Crippen molar-refractivity contribution in [3.63, 3.8) is 0 Å². The Bertz CT molecular complexity index is 500. The SMILES string of the molecule is CC(C)(C)NC(=O)N1CCN(C(=O)CCc2cccs2)CC1. The number of aryl methyl sites for hydroxylation is 1. The van der Waals surface area contributed by atoms with E-state index in [0.717, 1.165) is 6.42 Å². The summed E-state index contributed by atoms with van der Waals surface area (Å²) in [4.78, 5) is 29.2. The van der Waals surface area contributed by atoms with Gasteiger partial charge in [0.2, 0.25) is 5.91 Å². The third kappa shape index (κ3) is 5.02. The summed E-state index contributed by atoms with van der Waals surface area (Å²) in [7, 11) is 0. The molecule has 1 fully saturated rings. The van der Waals surface area contributed by atoms with Crippen LogP contribution in [-0.4, -0.2) is 53.5 Å². The molecule has 1 aromatic heterocycles. The van der Waals surface area contributed by atoms with E-state index < -0.39 is 0 Å². The molecule has 122 valence electrons. The smallest absolute Gasteiger partial charge is 0.317 e. The molecule has 5 nitrogen and oxygen atoms in total. The molecule has 0 spiro atoms. The van der Waals surface area contributed by atoms with Crippen molar-refractivity contribution in [3.8, 4) is 0 Å². The van der Waals surface area contributed by atoms with Gasteiger partial charge in [0.05, 0.1) is 0 Å². The van der Waals surface area contributed by atoms with Gasteiger partial charge in [-0.3, -0.25) is 4.79 Å². The van der Waals surface area contributed by atoms with Crippen molar-refractivity contribution in [1.29, 1.82) is 0 Å². The molecule has 0 radical (unpaired) electrons. The number of urea groups is 1. The molecule has 1 aliphatic heterocycles. The van der Waals surface area contributed by atoms with E-state index in [2.05, 4.69) is 11.4 Å². The van der Waals surface area contributed by atoms with Crippen molar-refractivity contribution in [2.45, 2.75) is 39.2 Å². The van der Waals surface area contributed by atoms with Gasteiger partial charge in [0.25, 0.3) is 0 Å². The number of piperazine rings is 1. The Morgan fingerprint density at radius 2 is 1.82 bits per heavy atom. The Kier molecular flexibility index (Phi) is 5.45. The Balaban J connectivity index is 1.74. The summed E-state index contributed by atoms with van der Waals surface area (Å²) in [5.41, 5.74) is -0.231. The first kappa shape index (κ1) is 16.8. The average molecular weight is 323 g/mol. The minimum Gasteiger partial charge on any atom is -0.339 e. The molecule has 2 rings (SSSR count). The van der Waals surface area contributed by atoms with Crippen LogP contribution >= 0.6 is 11.3 Å². The van der Waals surface area contributed by atoms with Crippen LogP contribution in [0.5, 0.6) is 0 Å². The lowest BCUT2D eigenvalue weighted by atomic mass is 10.1. The van der Waals surface area contributed by atoms with Gasteiger partial charge < -0.3 is 15.1 Å². The molecule has 3 amide bonds. The lowest BCUT2D eigenvalue weighted by Gasteiger charge is -2.36. The molecule has 2 heterocycles. The summed E-state index contributed by atoms with van der Waals surface area (Å²) >= 11 is 1.69. The fourth-order valence-corrected chi connectivity index (χ4v) is 3.11. The highest BCUT2D eigenvalue weighted by atomic mass is 32.1. The van der Waals surface area contributed by atoms with Gasteiger partial charge in [0.1, 0.15) is 0 Å². The average Bonchev–Trinajstić information content (AvgIpc) is 2.96. The van der Waals surface area contributed by atoms with Crippen LogP contribution in [0.2, 0.25) is 0 Å². The third-order valence-electron chi connectivity index (χ3n) is 3.57. The summed E-state index contributed by atoms with van der Waals surface area (Å²) in [6.07, 6.45) is 1.36. The Labute approximate surface area is 136 Å². The number of nitrogens with one attached hydrogen (secondary N) is 1. The molecule has 1 aliphatic rings. The maximum atomic E-state index is 12.2. The number of carbonyl (C=O) groups excluding carboxylic acids is 2. The zero-order valence-electron chi connectivity index (χ0n) is 13.6. The summed E-state index contributed by atoms with van der Waals surface area (Å²) in [6, 6.07) is 4.03. The third-order valence-corrected chi connectivity index (χ3v) is 4.50. The van der Waals surface area contributed by atoms with Gasteiger partial charge in [0, 0.05) is 43.0 Å². The second-order valence-corrected chi connectivity index (χ2v) is 7.66. The lowest BCUT2D eigenvalue weighted by Crippen LogP contribution is -2.56. The summed E-state index contributed by atoms with van der Waals surface area (Å²) in [5.74, 6) is 0.185. The van der Waals surface area contributed by atoms with E-state index in [1.165, 1.54) is 4.88 Å². The van der Waals surface area contributed by atoms with Crippen LogP contribution in [0.1, 0.15) is 32.1 Å². The van der Waals surface area contributed by atoms with Crippen LogP contribution in [0, 0.1) is 0 Å². The number of amides is 3. The van der Waals surface area contributed by atoms with Crippen LogP contribution in [0.15, 0.2) is 17.5 Å². The van der Waals surface area contributed by atoms with Crippen LogP contribution < -0.4 is 5.32 Å². The highest BCUT2D eigenvalue weighted by Gasteiger charge is 2.25. The van der Waals surface area contributed by atoms with E-state index in [9.17, 15) is 9.59 Å². The highest BCUT2D eigenvalue weighted by Crippen LogP contribution is 2.13. The summed E-state index contributed by atoms with van der Waals surface area (Å²) in [5, 5.41) is 5.00. The van der Waals surface area contributed by atoms with Crippen molar-refractivity contribution in [2.24, 2.45) is 0 Å². The number of carbonyl (C=O) groups is 2. The fourth-order valence-electron chi connectivity index (χ4n) is 2.40. The van der Waals surface area contributed by atoms with E-state index in [0.29, 0.717) is 32.6 Å². The van der Waals surface area contributed by atoms with E-state index in [4.69, 9.17) is 0 Å². The van der Waals surface area contributed by atoms with Gasteiger partial charge in [-0.25, -0.2) is 4.79 Å². The maximum absolute atomic E-state index is 12.2. The molecule has 0 unspecified atom stereocenters. The van der Waals surface area contributed by atoms with Crippen molar-refractivity contribution in [3.05, 3.63) is 22.4 Å². The Morgan fingerprint density at radius 1 is 1.18 bits per heavy atom. The highest BCUT2D eigenvalue weighted by molar-refractivity contribution is 7.09. The fraction of sp³-hybridized carbons (Fsp3) is 0.625. The van der Waals surface area contributed by atoms with Gasteiger partial charge >= 0.3 is 6.03 Å². The number of hydrogen-bond donors (Lipinski definition) is 1. The zero-order chi connectivity index (χ0) is 16.2. The molecule has 0 atom stereocenters. The predicted octanol–water partition coefficient (Wildman–Crippen LogP) is 2.33. The molecular formula is C16H25N3O2S. The van der Waals surface area contributed by atoms with Crippen molar-refractivity contribution in [1.82, 2.24) is 15.1 Å². The van der Waals surface area contributed by atoms with Gasteiger partial charge in [-0.1, -0.05) is 6.07 Å². The van der Waals surface area contributed by atoms with Gasteiger partial charge in [-0.05, 0) is 38.6 Å². The van der Waals surface area contributed by atoms with Gasteiger partial charge in [-0.2, -0.15) is 0 Å². The van der Waals surface area contributed by atoms with Gasteiger partial charge in [-0.15, -0.1) is 11.3 Å². The standard InChI is InChI=1S/C16H25N3O2S/c1-16(2,3)17-15(21)19-10-8-18(9-11-19)14(20)7-6-13-5-4-12-22-13/h4-5,12H,6-11H2,1-3H3,(H,17,21). The van der Waals surface area contributed by atoms with E-state index in [1.807, 2.05) is 37.1 Å². The van der Waals surface area contributed by atoms with E-state index in [1.54, 1.807) is 16.2 Å². The molecular weight excluding hydrogens is 298 g/mol. The number of thiophene rings is 1. The molecule has 0 aromatic carbocycles. The number of rotatable bonds is 3. The van der Waals surface area contributed by atoms with Crippen LogP contribution in [0.4, 0.5) is 4.79 Å². The monoisotopic (exact) mass is 323 g/mol. The Hall–Kier alpha value is -1.56. The molecule has 1 aromatic rings. The first-order valence-corrected chi connectivity index (χ1v) is 8.60. The first-order chi connectivity index (χ1) is 10.3. The van der Waals surface area contributed by atoms with Crippen molar-refractivity contribution < 1.29 is 9.59 Å². The maximum Gasteiger partial charge on any atom is 0.317 e. The minimum absolute atomic E-state index is 0.0433. The quantitative estimate of drug-likeness (QED) is 0.928. The normalized spacial score (nSPS) is 15.8. The van der Waals surface area contributed by atoms with Crippen LogP contribution in [0.25, 0.3) is 0 Å². The first-order valence-electron chi connectivity index (χ1n) is 7.72. The number of hydrogen-bond acceptors (Lipinski definition) is 3. The second-order valence-electron chi connectivity index (χ2n) is 6.63. The van der Waals surface area contributed by atoms with E-state index in [-0.39, 0.29) is 17.5 Å². The molecule has 0 saturated carbocycles. The minimum atomic E-state index is -0.231. The number of nitrogens with zero attached hydrogens (tertiary/aromatic N) is 2. The van der Waals surface area contributed by atoms with Crippen molar-refractivity contribution >= 4 is 23.3 Å². The van der Waals surface area contributed by atoms with Crippen molar-refractivity contribution in [2.75, 3.05) is 26.2 Å². The van der Waals surface area contributed by atoms with Crippen LogP contribution in [0.3, 0.4) is 0 Å². The second kappa shape index (κ2) is 7.13. The summed E-state index contributed by atoms with van der Waals surface area (Å²) < 4.78 is 0. The largest absolute Gasteiger partial charge is 0.339 e. The lowest BCUT2D eigenvalue weighted by molar-refractivity contribution is -0.132. The molecule has 0 bridgehead atoms.